The van der Waals surface area contributed by atoms with Crippen molar-refractivity contribution >= 4 is 75.9 Å². The first-order valence-electron chi connectivity index (χ1n) is 32.2. The quantitative estimate of drug-likeness (QED) is 0.0755. The summed E-state index contributed by atoms with van der Waals surface area (Å²) >= 11 is 0. The predicted octanol–water partition coefficient (Wildman–Crippen LogP) is 14.5. The molecule has 6 heterocycles. The van der Waals surface area contributed by atoms with E-state index in [9.17, 15) is 24.3 Å². The zero-order valence-electron chi connectivity index (χ0n) is 56.9. The fourth-order valence-electron chi connectivity index (χ4n) is 13.9. The van der Waals surface area contributed by atoms with Crippen molar-refractivity contribution in [2.45, 2.75) is 227 Å². The number of carbonyl (C=O) groups is 4. The van der Waals surface area contributed by atoms with Crippen molar-refractivity contribution in [2.75, 3.05) is 49.0 Å². The van der Waals surface area contributed by atoms with Gasteiger partial charge in [-0.05, 0) is 182 Å². The molecule has 472 valence electrons. The Kier molecular flexibility index (Phi) is 21.4. The van der Waals surface area contributed by atoms with Crippen LogP contribution in [0.4, 0.5) is 52.4 Å². The summed E-state index contributed by atoms with van der Waals surface area (Å²) in [4.78, 5) is 92.0. The fraction of sp³-hybridized carbons (Fsp3) is 0.521. The molecule has 0 spiro atoms. The van der Waals surface area contributed by atoms with Crippen LogP contribution in [0.15, 0.2) is 36.4 Å². The van der Waals surface area contributed by atoms with Crippen LogP contribution in [0.3, 0.4) is 0 Å². The highest BCUT2D eigenvalue weighted by molar-refractivity contribution is 6.52. The highest BCUT2D eigenvalue weighted by atomic mass is 16.3. The monoisotopic (exact) mass is 1200 g/mol. The minimum Gasteiger partial charge on any atom is -0.375 e. The van der Waals surface area contributed by atoms with Gasteiger partial charge in [-0.15, -0.1) is 0 Å². The molecule has 3 aliphatic rings. The summed E-state index contributed by atoms with van der Waals surface area (Å²) in [5, 5.41) is 11.3. The Morgan fingerprint density at radius 3 is 1.16 bits per heavy atom. The number of ketones is 1. The first kappa shape index (κ1) is 67.8. The van der Waals surface area contributed by atoms with Crippen molar-refractivity contribution < 1.29 is 24.3 Å². The van der Waals surface area contributed by atoms with Crippen molar-refractivity contribution in [3.8, 4) is 0 Å². The van der Waals surface area contributed by atoms with Crippen molar-refractivity contribution in [3.05, 3.63) is 120 Å². The Morgan fingerprint density at radius 2 is 0.784 bits per heavy atom. The Balaban J connectivity index is 0.000000189. The van der Waals surface area contributed by atoms with E-state index >= 15 is 0 Å². The summed E-state index contributed by atoms with van der Waals surface area (Å²) in [6.07, 6.45) is 5.68. The predicted molar refractivity (Wildman–Crippen MR) is 358 cm³/mol. The number of aromatic nitrogens is 6. The molecule has 0 fully saturated rings. The maximum Gasteiger partial charge on any atom is 0.301 e. The molecule has 0 saturated heterocycles. The third-order valence-corrected chi connectivity index (χ3v) is 18.0. The number of Topliss-reactive ketones (excluding diaryl/α,β-unsaturated/α-hetero) is 1. The van der Waals surface area contributed by atoms with Gasteiger partial charge in [0.05, 0.1) is 28.9 Å². The molecule has 1 atom stereocenters. The fourth-order valence-corrected chi connectivity index (χ4v) is 13.9. The van der Waals surface area contributed by atoms with Gasteiger partial charge < -0.3 is 19.8 Å². The number of carbonyl (C=O) groups excluding carboxylic acids is 4. The van der Waals surface area contributed by atoms with Gasteiger partial charge in [0, 0.05) is 66.1 Å². The highest BCUT2D eigenvalue weighted by Crippen LogP contribution is 2.46. The first-order chi connectivity index (χ1) is 41.7. The van der Waals surface area contributed by atoms with Gasteiger partial charge >= 0.3 is 5.91 Å². The van der Waals surface area contributed by atoms with E-state index in [0.29, 0.717) is 77.9 Å². The zero-order chi connectivity index (χ0) is 65.1. The molecule has 0 radical (unpaired) electrons. The van der Waals surface area contributed by atoms with Gasteiger partial charge in [-0.3, -0.25) is 33.9 Å². The molecule has 0 aliphatic carbocycles. The van der Waals surface area contributed by atoms with E-state index in [2.05, 4.69) is 167 Å². The van der Waals surface area contributed by atoms with E-state index in [1.54, 1.807) is 16.7 Å². The van der Waals surface area contributed by atoms with Crippen molar-refractivity contribution in [3.63, 3.8) is 0 Å². The van der Waals surface area contributed by atoms with Crippen molar-refractivity contribution in [2.24, 2.45) is 0 Å². The lowest BCUT2D eigenvalue weighted by molar-refractivity contribution is -0.137. The van der Waals surface area contributed by atoms with Gasteiger partial charge in [0.2, 0.25) is 23.8 Å². The summed E-state index contributed by atoms with van der Waals surface area (Å²) < 4.78 is 0. The molecule has 0 bridgehead atoms. The van der Waals surface area contributed by atoms with Gasteiger partial charge in [-0.1, -0.05) is 102 Å². The number of benzene rings is 3. The number of rotatable bonds is 19. The third kappa shape index (κ3) is 12.5. The molecular weight excluding hydrogens is 1100 g/mol. The number of aliphatic hydroxyl groups is 1. The number of fused-ring (bicyclic) bond motifs is 3. The second-order valence-electron chi connectivity index (χ2n) is 24.2. The summed E-state index contributed by atoms with van der Waals surface area (Å²) in [6.45, 7) is 47.3. The Bertz CT molecular complexity index is 3550. The number of hydrogen-bond donors (Lipinski definition) is 1. The Hall–Kier alpha value is -7.66. The summed E-state index contributed by atoms with van der Waals surface area (Å²) in [5.74, 6) is 2.47. The standard InChI is InChI=1S/C25H36N4O2.C23H30N4O2.C23H32N4O/c1-9-19(10-2)29-22-20(25(31,11-3)23(29)30)18(8)26-24(27-22)28(12-4)21-16(6)13-15(5)14-17(21)7;1-8-17(9-2)27-21-18(20(28)22(27)29)16(7)24-23(25-21)26(10-3)19-14(5)11-13(4)12-15(19)6;1-8-18(9-2)27-20(28)13-19-17(7)24-23(25-22(19)27)26(10-3)21-15(5)11-14(4)12-16(21)6/h13-14,19,31H,9-12H2,1-8H3;11-12,17H,8-10H2,1-7H3;11-12,18H,8-10,13H2,1-7H3. The number of nitrogens with zero attached hydrogens (tertiary/aromatic N) is 12. The second-order valence-corrected chi connectivity index (χ2v) is 24.2. The number of amides is 3. The van der Waals surface area contributed by atoms with Gasteiger partial charge in [0.25, 0.3) is 11.7 Å². The third-order valence-electron chi connectivity index (χ3n) is 18.0. The van der Waals surface area contributed by atoms with Crippen molar-refractivity contribution in [1.82, 2.24) is 29.9 Å². The molecule has 6 aromatic rings. The first-order valence-corrected chi connectivity index (χ1v) is 32.2. The number of anilines is 9. The van der Waals surface area contributed by atoms with Crippen LogP contribution < -0.4 is 29.4 Å². The van der Waals surface area contributed by atoms with E-state index in [1.807, 2.05) is 39.5 Å². The largest absolute Gasteiger partial charge is 0.375 e. The van der Waals surface area contributed by atoms with Gasteiger partial charge in [-0.2, -0.15) is 15.0 Å². The summed E-state index contributed by atoms with van der Waals surface area (Å²) in [7, 11) is 0. The normalized spacial score (nSPS) is 15.1. The van der Waals surface area contributed by atoms with E-state index in [4.69, 9.17) is 24.9 Å². The summed E-state index contributed by atoms with van der Waals surface area (Å²) in [6, 6.07) is 13.2. The zero-order valence-corrected chi connectivity index (χ0v) is 56.9. The van der Waals surface area contributed by atoms with Crippen LogP contribution in [-0.4, -0.2) is 96.3 Å². The molecule has 3 aromatic heterocycles. The van der Waals surface area contributed by atoms with E-state index in [1.165, 1.54) is 38.9 Å². The van der Waals surface area contributed by atoms with Crippen LogP contribution in [-0.2, 0) is 26.4 Å². The smallest absolute Gasteiger partial charge is 0.301 e. The molecule has 17 nitrogen and oxygen atoms in total. The van der Waals surface area contributed by atoms with E-state index in [0.717, 1.165) is 90.3 Å². The van der Waals surface area contributed by atoms with E-state index in [-0.39, 0.29) is 29.9 Å². The van der Waals surface area contributed by atoms with Crippen LogP contribution in [0.5, 0.6) is 0 Å². The molecule has 1 N–H and O–H groups in total. The number of hydrogen-bond acceptors (Lipinski definition) is 14. The summed E-state index contributed by atoms with van der Waals surface area (Å²) in [5.41, 5.74) is 16.5. The molecule has 3 aliphatic heterocycles. The topological polar surface area (TPSA) is 185 Å². The van der Waals surface area contributed by atoms with Crippen LogP contribution in [0.25, 0.3) is 0 Å². The van der Waals surface area contributed by atoms with Gasteiger partial charge in [0.15, 0.2) is 11.4 Å². The van der Waals surface area contributed by atoms with Crippen LogP contribution in [0.1, 0.15) is 203 Å². The Morgan fingerprint density at radius 1 is 0.443 bits per heavy atom. The Labute approximate surface area is 524 Å². The maximum atomic E-state index is 13.4. The molecule has 0 saturated carbocycles. The molecular formula is C71H98N12O5. The second kappa shape index (κ2) is 27.8. The number of aryl methyl sites for hydroxylation is 12. The van der Waals surface area contributed by atoms with Crippen LogP contribution in [0, 0.1) is 83.1 Å². The molecule has 3 amide bonds. The molecule has 9 rings (SSSR count). The van der Waals surface area contributed by atoms with Crippen molar-refractivity contribution in [1.29, 1.82) is 0 Å². The minimum absolute atomic E-state index is 0.00750. The van der Waals surface area contributed by atoms with Crippen LogP contribution in [0.2, 0.25) is 0 Å². The highest BCUT2D eigenvalue weighted by Gasteiger charge is 2.53. The maximum absolute atomic E-state index is 13.4. The minimum atomic E-state index is -1.56. The SMILES string of the molecule is CCC(CC)N1C(=O)C(=O)c2c(C)nc(N(CC)c3c(C)cc(C)cc3C)nc21.CCC(CC)N1C(=O)C(O)(CC)c2c(C)nc(N(CC)c3c(C)cc(C)cc3C)nc21.CCC(CC)N1C(=O)Cc2c(C)nc(N(CC)c3c(C)cc(C)cc3C)nc21. The molecule has 17 heteroatoms. The molecule has 3 aromatic carbocycles. The lowest BCUT2D eigenvalue weighted by Crippen LogP contribution is -2.45. The van der Waals surface area contributed by atoms with Gasteiger partial charge in [0.1, 0.15) is 11.6 Å². The van der Waals surface area contributed by atoms with Gasteiger partial charge in [-0.25, -0.2) is 15.0 Å². The average molecular weight is 1200 g/mol. The molecule has 88 heavy (non-hydrogen) atoms. The lowest BCUT2D eigenvalue weighted by atomic mass is 9.92. The lowest BCUT2D eigenvalue weighted by Gasteiger charge is -2.29. The molecule has 1 unspecified atom stereocenters. The van der Waals surface area contributed by atoms with Crippen LogP contribution >= 0.6 is 0 Å². The average Bonchev–Trinajstić information content (AvgIpc) is 1.86. The van der Waals surface area contributed by atoms with E-state index < -0.39 is 17.3 Å².